The monoisotopic (exact) mass is 278 g/mol. The van der Waals surface area contributed by atoms with Crippen molar-refractivity contribution in [3.63, 3.8) is 0 Å². The van der Waals surface area contributed by atoms with E-state index < -0.39 is 0 Å². The van der Waals surface area contributed by atoms with Crippen molar-refractivity contribution < 1.29 is 4.79 Å². The number of carbonyl (C=O) groups is 1. The van der Waals surface area contributed by atoms with Gasteiger partial charge in [-0.1, -0.05) is 18.6 Å². The number of thioether (sulfide) groups is 1. The van der Waals surface area contributed by atoms with Gasteiger partial charge >= 0.3 is 0 Å². The van der Waals surface area contributed by atoms with Gasteiger partial charge in [-0.2, -0.15) is 0 Å². The maximum absolute atomic E-state index is 12.1. The van der Waals surface area contributed by atoms with Crippen LogP contribution in [-0.4, -0.2) is 24.7 Å². The summed E-state index contributed by atoms with van der Waals surface area (Å²) in [6.45, 7) is 2.99. The SMILES string of the molecule is CSc1ccc(C(C)NC(=O)[C@H]2CCCCN2)cc1. The summed E-state index contributed by atoms with van der Waals surface area (Å²) in [4.78, 5) is 13.4. The first kappa shape index (κ1) is 14.4. The van der Waals surface area contributed by atoms with Gasteiger partial charge in [0.15, 0.2) is 0 Å². The highest BCUT2D eigenvalue weighted by molar-refractivity contribution is 7.98. The minimum absolute atomic E-state index is 0.0123. The Morgan fingerprint density at radius 3 is 2.68 bits per heavy atom. The quantitative estimate of drug-likeness (QED) is 0.832. The summed E-state index contributed by atoms with van der Waals surface area (Å²) in [6, 6.07) is 8.42. The van der Waals surface area contributed by atoms with Gasteiger partial charge in [0.05, 0.1) is 12.1 Å². The molecular weight excluding hydrogens is 256 g/mol. The molecule has 1 heterocycles. The molecule has 2 atom stereocenters. The summed E-state index contributed by atoms with van der Waals surface area (Å²) >= 11 is 1.73. The van der Waals surface area contributed by atoms with E-state index in [1.807, 2.05) is 6.92 Å². The highest BCUT2D eigenvalue weighted by Gasteiger charge is 2.21. The standard InChI is InChI=1S/C15H22N2OS/c1-11(12-6-8-13(19-2)9-7-12)17-15(18)14-5-3-4-10-16-14/h6-9,11,14,16H,3-5,10H2,1-2H3,(H,17,18)/t11?,14-/m1/s1. The molecule has 0 aliphatic carbocycles. The molecular formula is C15H22N2OS. The predicted molar refractivity (Wildman–Crippen MR) is 80.4 cm³/mol. The Balaban J connectivity index is 1.91. The van der Waals surface area contributed by atoms with Gasteiger partial charge in [-0.25, -0.2) is 0 Å². The van der Waals surface area contributed by atoms with E-state index in [2.05, 4.69) is 41.2 Å². The zero-order chi connectivity index (χ0) is 13.7. The number of rotatable bonds is 4. The van der Waals surface area contributed by atoms with Crippen molar-refractivity contribution in [1.82, 2.24) is 10.6 Å². The molecule has 0 saturated carbocycles. The fourth-order valence-corrected chi connectivity index (χ4v) is 2.77. The highest BCUT2D eigenvalue weighted by atomic mass is 32.2. The number of piperidine rings is 1. The minimum Gasteiger partial charge on any atom is -0.348 e. The molecule has 2 N–H and O–H groups in total. The Labute approximate surface area is 119 Å². The lowest BCUT2D eigenvalue weighted by molar-refractivity contribution is -0.124. The summed E-state index contributed by atoms with van der Waals surface area (Å²) in [5.74, 6) is 0.126. The van der Waals surface area contributed by atoms with E-state index in [4.69, 9.17) is 0 Å². The summed E-state index contributed by atoms with van der Waals surface area (Å²) in [6.07, 6.45) is 5.33. The second kappa shape index (κ2) is 6.96. The average molecular weight is 278 g/mol. The molecule has 1 aromatic carbocycles. The van der Waals surface area contributed by atoms with E-state index in [0.29, 0.717) is 0 Å². The first-order chi connectivity index (χ1) is 9.20. The van der Waals surface area contributed by atoms with Gasteiger partial charge in [0.2, 0.25) is 5.91 Å². The largest absolute Gasteiger partial charge is 0.348 e. The van der Waals surface area contributed by atoms with Gasteiger partial charge < -0.3 is 10.6 Å². The Morgan fingerprint density at radius 2 is 2.11 bits per heavy atom. The Hall–Kier alpha value is -1.00. The molecule has 1 amide bonds. The number of hydrogen-bond acceptors (Lipinski definition) is 3. The molecule has 0 bridgehead atoms. The molecule has 0 aromatic heterocycles. The van der Waals surface area contributed by atoms with Crippen LogP contribution in [-0.2, 0) is 4.79 Å². The van der Waals surface area contributed by atoms with Crippen LogP contribution in [0.3, 0.4) is 0 Å². The van der Waals surface area contributed by atoms with E-state index in [9.17, 15) is 4.79 Å². The van der Waals surface area contributed by atoms with Crippen molar-refractivity contribution >= 4 is 17.7 Å². The molecule has 1 unspecified atom stereocenters. The third-order valence-corrected chi connectivity index (χ3v) is 4.34. The van der Waals surface area contributed by atoms with Crippen molar-refractivity contribution in [2.75, 3.05) is 12.8 Å². The second-order valence-corrected chi connectivity index (χ2v) is 5.89. The van der Waals surface area contributed by atoms with E-state index in [-0.39, 0.29) is 18.0 Å². The van der Waals surface area contributed by atoms with Gasteiger partial charge in [-0.3, -0.25) is 4.79 Å². The summed E-state index contributed by atoms with van der Waals surface area (Å²) in [5.41, 5.74) is 1.15. The topological polar surface area (TPSA) is 41.1 Å². The number of carbonyl (C=O) groups excluding carboxylic acids is 1. The van der Waals surface area contributed by atoms with Crippen molar-refractivity contribution in [2.45, 2.75) is 43.2 Å². The Bertz CT molecular complexity index is 413. The third-order valence-electron chi connectivity index (χ3n) is 3.60. The third kappa shape index (κ3) is 3.98. The molecule has 1 aliphatic rings. The first-order valence-corrected chi connectivity index (χ1v) is 8.11. The van der Waals surface area contributed by atoms with Gasteiger partial charge in [0, 0.05) is 4.90 Å². The van der Waals surface area contributed by atoms with Crippen LogP contribution < -0.4 is 10.6 Å². The average Bonchev–Trinajstić information content (AvgIpc) is 2.48. The number of amides is 1. The Morgan fingerprint density at radius 1 is 1.37 bits per heavy atom. The van der Waals surface area contributed by atoms with Crippen molar-refractivity contribution in [1.29, 1.82) is 0 Å². The molecule has 0 spiro atoms. The van der Waals surface area contributed by atoms with E-state index in [1.165, 1.54) is 11.3 Å². The van der Waals surface area contributed by atoms with Crippen LogP contribution in [0, 0.1) is 0 Å². The second-order valence-electron chi connectivity index (χ2n) is 5.01. The fraction of sp³-hybridized carbons (Fsp3) is 0.533. The lowest BCUT2D eigenvalue weighted by Gasteiger charge is -2.24. The zero-order valence-electron chi connectivity index (χ0n) is 11.6. The van der Waals surface area contributed by atoms with Gasteiger partial charge in [-0.05, 0) is 50.3 Å². The molecule has 4 heteroatoms. The van der Waals surface area contributed by atoms with Gasteiger partial charge in [0.1, 0.15) is 0 Å². The van der Waals surface area contributed by atoms with Crippen molar-refractivity contribution in [3.05, 3.63) is 29.8 Å². The highest BCUT2D eigenvalue weighted by Crippen LogP contribution is 2.19. The summed E-state index contributed by atoms with van der Waals surface area (Å²) < 4.78 is 0. The van der Waals surface area contributed by atoms with Gasteiger partial charge in [0.25, 0.3) is 0 Å². The maximum Gasteiger partial charge on any atom is 0.237 e. The van der Waals surface area contributed by atoms with Crippen LogP contribution in [0.2, 0.25) is 0 Å². The minimum atomic E-state index is -0.0123. The smallest absolute Gasteiger partial charge is 0.237 e. The molecule has 1 aromatic rings. The zero-order valence-corrected chi connectivity index (χ0v) is 12.4. The van der Waals surface area contributed by atoms with Gasteiger partial charge in [-0.15, -0.1) is 11.8 Å². The lowest BCUT2D eigenvalue weighted by atomic mass is 10.0. The molecule has 1 fully saturated rings. The fourth-order valence-electron chi connectivity index (χ4n) is 2.37. The lowest BCUT2D eigenvalue weighted by Crippen LogP contribution is -2.47. The van der Waals surface area contributed by atoms with Crippen molar-refractivity contribution in [2.24, 2.45) is 0 Å². The molecule has 19 heavy (non-hydrogen) atoms. The van der Waals surface area contributed by atoms with Crippen LogP contribution in [0.5, 0.6) is 0 Å². The number of nitrogens with one attached hydrogen (secondary N) is 2. The normalized spacial score (nSPS) is 20.8. The van der Waals surface area contributed by atoms with Crippen molar-refractivity contribution in [3.8, 4) is 0 Å². The van der Waals surface area contributed by atoms with E-state index >= 15 is 0 Å². The van der Waals surface area contributed by atoms with Crippen LogP contribution in [0.1, 0.15) is 37.8 Å². The number of benzene rings is 1. The van der Waals surface area contributed by atoms with Crippen LogP contribution in [0.25, 0.3) is 0 Å². The predicted octanol–water partition coefficient (Wildman–Crippen LogP) is 2.73. The molecule has 2 rings (SSSR count). The Kier molecular flexibility index (Phi) is 5.28. The maximum atomic E-state index is 12.1. The van der Waals surface area contributed by atoms with Crippen LogP contribution in [0.4, 0.5) is 0 Å². The molecule has 3 nitrogen and oxygen atoms in total. The molecule has 1 aliphatic heterocycles. The van der Waals surface area contributed by atoms with E-state index in [0.717, 1.165) is 24.9 Å². The molecule has 0 radical (unpaired) electrons. The van der Waals surface area contributed by atoms with Crippen LogP contribution >= 0.6 is 11.8 Å². The van der Waals surface area contributed by atoms with Crippen LogP contribution in [0.15, 0.2) is 29.2 Å². The summed E-state index contributed by atoms with van der Waals surface area (Å²) in [5, 5.41) is 6.37. The number of hydrogen-bond donors (Lipinski definition) is 2. The summed E-state index contributed by atoms with van der Waals surface area (Å²) in [7, 11) is 0. The first-order valence-electron chi connectivity index (χ1n) is 6.88. The molecule has 1 saturated heterocycles. The molecule has 104 valence electrons. The van der Waals surface area contributed by atoms with E-state index in [1.54, 1.807) is 11.8 Å².